The van der Waals surface area contributed by atoms with Crippen molar-refractivity contribution in [3.8, 4) is 33.6 Å². The fraction of sp³-hybridized carbons (Fsp3) is 0. The zero-order valence-electron chi connectivity index (χ0n) is 28.4. The topological polar surface area (TPSA) is 9.86 Å². The summed E-state index contributed by atoms with van der Waals surface area (Å²) in [6, 6.07) is 71.0. The third kappa shape index (κ3) is 4.25. The molecule has 11 aromatic rings. The molecule has 9 aromatic carbocycles. The van der Waals surface area contributed by atoms with Gasteiger partial charge in [0, 0.05) is 32.8 Å². The Kier molecular flexibility index (Phi) is 6.28. The van der Waals surface area contributed by atoms with Gasteiger partial charge in [-0.1, -0.05) is 140 Å². The third-order valence-corrected chi connectivity index (χ3v) is 10.9. The molecule has 0 saturated heterocycles. The molecule has 2 heterocycles. The number of fused-ring (bicyclic) bond motifs is 9. The summed E-state index contributed by atoms with van der Waals surface area (Å²) in [6.45, 7) is 0. The van der Waals surface area contributed by atoms with Gasteiger partial charge < -0.3 is 9.13 Å². The molecule has 11 rings (SSSR count). The second-order valence-corrected chi connectivity index (χ2v) is 13.7. The Balaban J connectivity index is 1.13. The summed E-state index contributed by atoms with van der Waals surface area (Å²) in [5.74, 6) is 0. The fourth-order valence-corrected chi connectivity index (χ4v) is 8.59. The zero-order chi connectivity index (χ0) is 34.2. The number of nitrogens with zero attached hydrogens (tertiary/aromatic N) is 2. The van der Waals surface area contributed by atoms with Gasteiger partial charge in [-0.3, -0.25) is 0 Å². The van der Waals surface area contributed by atoms with Crippen molar-refractivity contribution in [3.05, 3.63) is 194 Å². The molecular formula is C50H32N2. The maximum Gasteiger partial charge on any atom is 0.0547 e. The number of benzene rings is 9. The SMILES string of the molecule is c1ccc(-n2c3ccccc3c3ccc(-c4ccc5c(c4)c4ccccc4n5-c4ccccc4-c4cc5ccccc5c5ccccc45)cc32)cc1. The second-order valence-electron chi connectivity index (χ2n) is 13.7. The van der Waals surface area contributed by atoms with Crippen LogP contribution in [-0.4, -0.2) is 9.13 Å². The van der Waals surface area contributed by atoms with Crippen molar-refractivity contribution in [2.75, 3.05) is 0 Å². The van der Waals surface area contributed by atoms with Crippen LogP contribution in [0.1, 0.15) is 0 Å². The van der Waals surface area contributed by atoms with E-state index in [0.29, 0.717) is 0 Å². The van der Waals surface area contributed by atoms with E-state index >= 15 is 0 Å². The molecule has 242 valence electrons. The van der Waals surface area contributed by atoms with Crippen LogP contribution in [0.5, 0.6) is 0 Å². The first-order valence-electron chi connectivity index (χ1n) is 17.9. The minimum absolute atomic E-state index is 1.17. The van der Waals surface area contributed by atoms with Gasteiger partial charge in [0.2, 0.25) is 0 Å². The van der Waals surface area contributed by atoms with Gasteiger partial charge >= 0.3 is 0 Å². The molecule has 52 heavy (non-hydrogen) atoms. The van der Waals surface area contributed by atoms with Gasteiger partial charge in [-0.25, -0.2) is 0 Å². The molecule has 0 fully saturated rings. The third-order valence-electron chi connectivity index (χ3n) is 10.9. The monoisotopic (exact) mass is 660 g/mol. The van der Waals surface area contributed by atoms with E-state index in [1.807, 2.05) is 0 Å². The average molecular weight is 661 g/mol. The molecule has 0 unspecified atom stereocenters. The molecular weight excluding hydrogens is 629 g/mol. The van der Waals surface area contributed by atoms with E-state index < -0.39 is 0 Å². The predicted octanol–water partition coefficient (Wildman–Crippen LogP) is 13.5. The lowest BCUT2D eigenvalue weighted by molar-refractivity contribution is 1.18. The number of aromatic nitrogens is 2. The maximum absolute atomic E-state index is 2.46. The molecule has 0 aliphatic carbocycles. The Morgan fingerprint density at radius 3 is 1.65 bits per heavy atom. The Morgan fingerprint density at radius 2 is 0.827 bits per heavy atom. The van der Waals surface area contributed by atoms with E-state index in [2.05, 4.69) is 203 Å². The molecule has 0 atom stereocenters. The minimum atomic E-state index is 1.17. The Hall–Kier alpha value is -6.90. The molecule has 2 nitrogen and oxygen atoms in total. The predicted molar refractivity (Wildman–Crippen MR) is 221 cm³/mol. The summed E-state index contributed by atoms with van der Waals surface area (Å²) < 4.78 is 4.86. The summed E-state index contributed by atoms with van der Waals surface area (Å²) in [6.07, 6.45) is 0. The van der Waals surface area contributed by atoms with Crippen LogP contribution >= 0.6 is 0 Å². The molecule has 0 aliphatic heterocycles. The van der Waals surface area contributed by atoms with Crippen LogP contribution in [0, 0.1) is 0 Å². The normalized spacial score (nSPS) is 11.8. The molecule has 2 aromatic heterocycles. The lowest BCUT2D eigenvalue weighted by atomic mass is 9.92. The molecule has 0 aliphatic rings. The average Bonchev–Trinajstić information content (AvgIpc) is 3.73. The van der Waals surface area contributed by atoms with Gasteiger partial charge in [0.15, 0.2) is 0 Å². The lowest BCUT2D eigenvalue weighted by Crippen LogP contribution is -1.97. The molecule has 0 bridgehead atoms. The molecule has 0 amide bonds. The van der Waals surface area contributed by atoms with Crippen molar-refractivity contribution < 1.29 is 0 Å². The highest BCUT2D eigenvalue weighted by atomic mass is 15.0. The Bertz CT molecular complexity index is 3180. The second kappa shape index (κ2) is 11.3. The van der Waals surface area contributed by atoms with E-state index in [-0.39, 0.29) is 0 Å². The number of rotatable bonds is 4. The minimum Gasteiger partial charge on any atom is -0.309 e. The van der Waals surface area contributed by atoms with E-state index in [0.717, 1.165) is 0 Å². The smallest absolute Gasteiger partial charge is 0.0547 e. The van der Waals surface area contributed by atoms with E-state index in [1.54, 1.807) is 0 Å². The molecule has 0 spiro atoms. The van der Waals surface area contributed by atoms with E-state index in [4.69, 9.17) is 0 Å². The number of hydrogen-bond acceptors (Lipinski definition) is 0. The van der Waals surface area contributed by atoms with Crippen molar-refractivity contribution in [2.24, 2.45) is 0 Å². The van der Waals surface area contributed by atoms with Crippen molar-refractivity contribution in [3.63, 3.8) is 0 Å². The fourth-order valence-electron chi connectivity index (χ4n) is 8.59. The van der Waals surface area contributed by atoms with Crippen molar-refractivity contribution in [1.29, 1.82) is 0 Å². The molecule has 0 N–H and O–H groups in total. The molecule has 0 saturated carbocycles. The van der Waals surface area contributed by atoms with Crippen molar-refractivity contribution >= 4 is 65.2 Å². The first-order chi connectivity index (χ1) is 25.8. The summed E-state index contributed by atoms with van der Waals surface area (Å²) in [7, 11) is 0. The van der Waals surface area contributed by atoms with Crippen LogP contribution in [0.25, 0.3) is 98.8 Å². The Morgan fingerprint density at radius 1 is 0.269 bits per heavy atom. The van der Waals surface area contributed by atoms with Gasteiger partial charge in [-0.2, -0.15) is 0 Å². The molecule has 2 heteroatoms. The highest BCUT2D eigenvalue weighted by molar-refractivity contribution is 6.16. The Labute approximate surface area is 301 Å². The zero-order valence-corrected chi connectivity index (χ0v) is 28.4. The maximum atomic E-state index is 2.46. The molecule has 0 radical (unpaired) electrons. The van der Waals surface area contributed by atoms with Crippen LogP contribution in [0.3, 0.4) is 0 Å². The van der Waals surface area contributed by atoms with E-state index in [1.165, 1.54) is 98.8 Å². The van der Waals surface area contributed by atoms with Crippen molar-refractivity contribution in [2.45, 2.75) is 0 Å². The first-order valence-corrected chi connectivity index (χ1v) is 17.9. The quantitative estimate of drug-likeness (QED) is 0.166. The van der Waals surface area contributed by atoms with Gasteiger partial charge in [-0.15, -0.1) is 0 Å². The largest absolute Gasteiger partial charge is 0.309 e. The van der Waals surface area contributed by atoms with Gasteiger partial charge in [0.05, 0.1) is 27.8 Å². The first kappa shape index (κ1) is 28.9. The summed E-state index contributed by atoms with van der Waals surface area (Å²) in [4.78, 5) is 0. The highest BCUT2D eigenvalue weighted by Gasteiger charge is 2.19. The van der Waals surface area contributed by atoms with Crippen LogP contribution in [0.4, 0.5) is 0 Å². The van der Waals surface area contributed by atoms with Gasteiger partial charge in [0.25, 0.3) is 0 Å². The van der Waals surface area contributed by atoms with Gasteiger partial charge in [-0.05, 0) is 92.8 Å². The highest BCUT2D eigenvalue weighted by Crippen LogP contribution is 2.42. The van der Waals surface area contributed by atoms with E-state index in [9.17, 15) is 0 Å². The number of hydrogen-bond donors (Lipinski definition) is 0. The van der Waals surface area contributed by atoms with Gasteiger partial charge in [0.1, 0.15) is 0 Å². The summed E-state index contributed by atoms with van der Waals surface area (Å²) in [5, 5.41) is 10.1. The van der Waals surface area contributed by atoms with Crippen LogP contribution in [0.15, 0.2) is 194 Å². The summed E-state index contributed by atoms with van der Waals surface area (Å²) in [5.41, 5.74) is 12.0. The number of para-hydroxylation sites is 4. The lowest BCUT2D eigenvalue weighted by Gasteiger charge is -2.17. The van der Waals surface area contributed by atoms with Crippen molar-refractivity contribution in [1.82, 2.24) is 9.13 Å². The van der Waals surface area contributed by atoms with Crippen LogP contribution < -0.4 is 0 Å². The standard InChI is InChI=1S/C50H32N2/c1-2-15-36(16-3-1)51-46-23-11-8-20-40(46)43-28-26-34(32-50(43)51)33-27-29-49-45(30-33)42-22-10-13-25-48(42)52(49)47-24-12-9-21-41(47)44-31-35-14-4-5-17-37(35)38-18-6-7-19-39(38)44/h1-32H. The van der Waals surface area contributed by atoms with Crippen LogP contribution in [-0.2, 0) is 0 Å². The van der Waals surface area contributed by atoms with Crippen LogP contribution in [0.2, 0.25) is 0 Å². The summed E-state index contributed by atoms with van der Waals surface area (Å²) >= 11 is 0.